The minimum atomic E-state index is -0.179. The fraction of sp³-hybridized carbons (Fsp3) is 0.667. The Morgan fingerprint density at radius 2 is 2.10 bits per heavy atom. The predicted octanol–water partition coefficient (Wildman–Crippen LogP) is -0.201. The van der Waals surface area contributed by atoms with Crippen molar-refractivity contribution in [2.75, 3.05) is 13.6 Å². The normalized spacial score (nSPS) is 8.80. The lowest BCUT2D eigenvalue weighted by atomic mass is 10.5. The minimum Gasteiger partial charge on any atom is -0.322 e. The van der Waals surface area contributed by atoms with Gasteiger partial charge in [-0.2, -0.15) is 5.10 Å². The third kappa shape index (κ3) is 3.19. The molecule has 1 amide bonds. The maximum absolute atomic E-state index is 10.7. The van der Waals surface area contributed by atoms with Crippen LogP contribution in [-0.4, -0.2) is 30.2 Å². The van der Waals surface area contributed by atoms with Gasteiger partial charge in [-0.1, -0.05) is 0 Å². The summed E-state index contributed by atoms with van der Waals surface area (Å²) in [6.45, 7) is 3.65. The Balaban J connectivity index is 3.96. The van der Waals surface area contributed by atoms with E-state index in [1.165, 1.54) is 5.01 Å². The smallest absolute Gasteiger partial charge is 0.256 e. The van der Waals surface area contributed by atoms with Gasteiger partial charge in [0.05, 0.1) is 6.54 Å². The molecule has 58 valence electrons. The van der Waals surface area contributed by atoms with Crippen molar-refractivity contribution in [3.63, 3.8) is 0 Å². The maximum Gasteiger partial charge on any atom is 0.256 e. The molecule has 0 unspecified atom stereocenters. The molecule has 0 atom stereocenters. The molecule has 0 bridgehead atoms. The third-order valence-corrected chi connectivity index (χ3v) is 0.886. The number of nitrogens with zero attached hydrogens (tertiary/aromatic N) is 2. The molecule has 0 aromatic carbocycles. The first-order valence-electron chi connectivity index (χ1n) is 3.06. The number of nitrogens with two attached hydrogens (primary N) is 1. The molecule has 0 radical (unpaired) electrons. The summed E-state index contributed by atoms with van der Waals surface area (Å²) in [5, 5.41) is 5.11. The van der Waals surface area contributed by atoms with Crippen molar-refractivity contribution in [1.29, 1.82) is 0 Å². The fourth-order valence-electron chi connectivity index (χ4n) is 0.488. The summed E-state index contributed by atoms with van der Waals surface area (Å²) in [7, 11) is 1.59. The van der Waals surface area contributed by atoms with Gasteiger partial charge >= 0.3 is 0 Å². The van der Waals surface area contributed by atoms with Crippen molar-refractivity contribution >= 4 is 11.6 Å². The van der Waals surface area contributed by atoms with Gasteiger partial charge in [-0.3, -0.25) is 4.79 Å². The molecule has 0 aliphatic carbocycles. The molecule has 2 N–H and O–H groups in total. The lowest BCUT2D eigenvalue weighted by Gasteiger charge is -2.08. The molecular formula is C6H13N3O. The van der Waals surface area contributed by atoms with Gasteiger partial charge in [0.25, 0.3) is 5.91 Å². The van der Waals surface area contributed by atoms with Crippen molar-refractivity contribution in [2.45, 2.75) is 13.8 Å². The van der Waals surface area contributed by atoms with E-state index in [4.69, 9.17) is 5.73 Å². The van der Waals surface area contributed by atoms with Crippen LogP contribution in [0.15, 0.2) is 5.10 Å². The Hall–Kier alpha value is -0.900. The number of carbonyl (C=O) groups is 1. The van der Waals surface area contributed by atoms with Crippen LogP contribution in [0, 0.1) is 0 Å². The van der Waals surface area contributed by atoms with E-state index in [-0.39, 0.29) is 12.5 Å². The van der Waals surface area contributed by atoms with Crippen LogP contribution >= 0.6 is 0 Å². The lowest BCUT2D eigenvalue weighted by molar-refractivity contribution is -0.128. The van der Waals surface area contributed by atoms with Crippen molar-refractivity contribution in [3.05, 3.63) is 0 Å². The highest BCUT2D eigenvalue weighted by atomic mass is 16.2. The summed E-state index contributed by atoms with van der Waals surface area (Å²) in [4.78, 5) is 10.7. The van der Waals surface area contributed by atoms with Gasteiger partial charge in [0.15, 0.2) is 0 Å². The summed E-state index contributed by atoms with van der Waals surface area (Å²) < 4.78 is 0. The highest BCUT2D eigenvalue weighted by molar-refractivity contribution is 5.83. The number of hydrogen-bond acceptors (Lipinski definition) is 3. The first-order valence-corrected chi connectivity index (χ1v) is 3.06. The quantitative estimate of drug-likeness (QED) is 0.430. The highest BCUT2D eigenvalue weighted by Gasteiger charge is 2.01. The van der Waals surface area contributed by atoms with E-state index in [1.807, 2.05) is 13.8 Å². The largest absolute Gasteiger partial charge is 0.322 e. The van der Waals surface area contributed by atoms with Crippen LogP contribution in [0.1, 0.15) is 13.8 Å². The lowest BCUT2D eigenvalue weighted by Crippen LogP contribution is -2.29. The summed E-state index contributed by atoms with van der Waals surface area (Å²) in [6.07, 6.45) is 0. The van der Waals surface area contributed by atoms with Crippen molar-refractivity contribution in [3.8, 4) is 0 Å². The topological polar surface area (TPSA) is 58.7 Å². The predicted molar refractivity (Wildman–Crippen MR) is 40.6 cm³/mol. The van der Waals surface area contributed by atoms with Gasteiger partial charge < -0.3 is 5.73 Å². The SMILES string of the molecule is CC(C)=NN(C)C(=O)CN. The molecule has 0 aromatic heterocycles. The molecule has 4 heteroatoms. The van der Waals surface area contributed by atoms with E-state index in [0.717, 1.165) is 5.71 Å². The van der Waals surface area contributed by atoms with E-state index in [1.54, 1.807) is 7.05 Å². The number of hydrogen-bond donors (Lipinski definition) is 1. The van der Waals surface area contributed by atoms with Crippen molar-refractivity contribution in [1.82, 2.24) is 5.01 Å². The Kier molecular flexibility index (Phi) is 3.64. The second-order valence-electron chi connectivity index (χ2n) is 2.17. The molecule has 0 heterocycles. The van der Waals surface area contributed by atoms with Crippen LogP contribution in [0.5, 0.6) is 0 Å². The second-order valence-corrected chi connectivity index (χ2v) is 2.17. The van der Waals surface area contributed by atoms with Crippen LogP contribution in [0.25, 0.3) is 0 Å². The van der Waals surface area contributed by atoms with Gasteiger partial charge in [0.2, 0.25) is 0 Å². The molecule has 4 nitrogen and oxygen atoms in total. The zero-order valence-electron chi connectivity index (χ0n) is 6.59. The summed E-state index contributed by atoms with van der Waals surface area (Å²) in [5.41, 5.74) is 5.93. The van der Waals surface area contributed by atoms with Crippen molar-refractivity contribution in [2.24, 2.45) is 10.8 Å². The van der Waals surface area contributed by atoms with Crippen LogP contribution in [-0.2, 0) is 4.79 Å². The van der Waals surface area contributed by atoms with Crippen LogP contribution in [0.2, 0.25) is 0 Å². The first-order chi connectivity index (χ1) is 4.57. The average Bonchev–Trinajstić information content (AvgIpc) is 1.85. The van der Waals surface area contributed by atoms with E-state index < -0.39 is 0 Å². The number of rotatable bonds is 2. The zero-order valence-corrected chi connectivity index (χ0v) is 6.59. The van der Waals surface area contributed by atoms with Gasteiger partial charge in [0, 0.05) is 12.8 Å². The molecule has 0 spiro atoms. The second kappa shape index (κ2) is 4.00. The molecule has 0 aliphatic rings. The Morgan fingerprint density at radius 3 is 2.40 bits per heavy atom. The van der Waals surface area contributed by atoms with Crippen LogP contribution in [0.3, 0.4) is 0 Å². The van der Waals surface area contributed by atoms with Crippen molar-refractivity contribution < 1.29 is 4.79 Å². The molecule has 0 saturated carbocycles. The van der Waals surface area contributed by atoms with E-state index >= 15 is 0 Å². The summed E-state index contributed by atoms with van der Waals surface area (Å²) in [5.74, 6) is -0.179. The van der Waals surface area contributed by atoms with E-state index in [2.05, 4.69) is 5.10 Å². The fourth-order valence-corrected chi connectivity index (χ4v) is 0.488. The van der Waals surface area contributed by atoms with E-state index in [0.29, 0.717) is 0 Å². The van der Waals surface area contributed by atoms with Gasteiger partial charge in [-0.25, -0.2) is 5.01 Å². The molecule has 0 saturated heterocycles. The monoisotopic (exact) mass is 143 g/mol. The average molecular weight is 143 g/mol. The maximum atomic E-state index is 10.7. The van der Waals surface area contributed by atoms with E-state index in [9.17, 15) is 4.79 Å². The number of likely N-dealkylation sites (N-methyl/N-ethyl adjacent to an activating group) is 1. The molecule has 0 fully saturated rings. The Labute approximate surface area is 60.7 Å². The summed E-state index contributed by atoms with van der Waals surface area (Å²) >= 11 is 0. The molecule has 0 aromatic rings. The Bertz CT molecular complexity index is 149. The highest BCUT2D eigenvalue weighted by Crippen LogP contribution is 1.85. The number of carbonyl (C=O) groups excluding carboxylic acids is 1. The first kappa shape index (κ1) is 9.10. The molecule has 10 heavy (non-hydrogen) atoms. The third-order valence-electron chi connectivity index (χ3n) is 0.886. The minimum absolute atomic E-state index is 0.00722. The van der Waals surface area contributed by atoms with Gasteiger partial charge in [0.1, 0.15) is 0 Å². The zero-order chi connectivity index (χ0) is 8.15. The standard InChI is InChI=1S/C6H13N3O/c1-5(2)8-9(3)6(10)4-7/h4,7H2,1-3H3. The Morgan fingerprint density at radius 1 is 1.60 bits per heavy atom. The number of amides is 1. The molecular weight excluding hydrogens is 130 g/mol. The van der Waals surface area contributed by atoms with Crippen LogP contribution in [0.4, 0.5) is 0 Å². The molecule has 0 aliphatic heterocycles. The van der Waals surface area contributed by atoms with Crippen LogP contribution < -0.4 is 5.73 Å². The molecule has 0 rings (SSSR count). The van der Waals surface area contributed by atoms with Gasteiger partial charge in [-0.15, -0.1) is 0 Å². The summed E-state index contributed by atoms with van der Waals surface area (Å²) in [6, 6.07) is 0. The van der Waals surface area contributed by atoms with Gasteiger partial charge in [-0.05, 0) is 13.8 Å². The number of hydrazone groups is 1.